The first-order chi connectivity index (χ1) is 15.3. The summed E-state index contributed by atoms with van der Waals surface area (Å²) in [6, 6.07) is 12.2. The quantitative estimate of drug-likeness (QED) is 0.464. The van der Waals surface area contributed by atoms with Crippen LogP contribution < -0.4 is 10.7 Å². The van der Waals surface area contributed by atoms with Crippen LogP contribution in [0.5, 0.6) is 0 Å². The average Bonchev–Trinajstić information content (AvgIpc) is 3.12. The van der Waals surface area contributed by atoms with Crippen LogP contribution in [-0.2, 0) is 6.42 Å². The maximum absolute atomic E-state index is 12.9. The first-order valence-corrected chi connectivity index (χ1v) is 10.9. The zero-order chi connectivity index (χ0) is 22.8. The van der Waals surface area contributed by atoms with E-state index in [2.05, 4.69) is 15.8 Å². The van der Waals surface area contributed by atoms with Crippen LogP contribution >= 0.6 is 23.2 Å². The van der Waals surface area contributed by atoms with Gasteiger partial charge in [0.1, 0.15) is 5.76 Å². The molecule has 2 amide bonds. The Labute approximate surface area is 195 Å². The standard InChI is InChI=1S/C24H21Cl2N3O3/c1-13-6-3-4-7-16(13)23(30)29-28-19-8-5-9-20-21(19)14(2)22(32-20)24(31)27-15-10-11-17(25)18(26)12-15/h3-4,6-7,10-12H,5,8-9H2,1-2H3,(H,27,31)(H,29,30)/b28-19+. The molecule has 1 aliphatic rings. The number of furan rings is 1. The Morgan fingerprint density at radius 3 is 2.53 bits per heavy atom. The van der Waals surface area contributed by atoms with Gasteiger partial charge < -0.3 is 9.73 Å². The van der Waals surface area contributed by atoms with Gasteiger partial charge in [-0.3, -0.25) is 9.59 Å². The number of fused-ring (bicyclic) bond motifs is 1. The number of nitrogens with one attached hydrogen (secondary N) is 2. The highest BCUT2D eigenvalue weighted by atomic mass is 35.5. The van der Waals surface area contributed by atoms with Crippen LogP contribution in [0.25, 0.3) is 0 Å². The van der Waals surface area contributed by atoms with Crippen LogP contribution in [-0.4, -0.2) is 17.5 Å². The third kappa shape index (κ3) is 4.42. The number of hydrogen-bond donors (Lipinski definition) is 2. The molecule has 1 heterocycles. The van der Waals surface area contributed by atoms with Gasteiger partial charge in [-0.25, -0.2) is 5.43 Å². The fraction of sp³-hybridized carbons (Fsp3) is 0.208. The summed E-state index contributed by atoms with van der Waals surface area (Å²) in [5, 5.41) is 7.91. The van der Waals surface area contributed by atoms with Gasteiger partial charge in [0.25, 0.3) is 11.8 Å². The molecule has 1 aliphatic carbocycles. The van der Waals surface area contributed by atoms with Crippen LogP contribution in [0.1, 0.15) is 56.2 Å². The third-order valence-corrected chi connectivity index (χ3v) is 6.13. The van der Waals surface area contributed by atoms with Crippen molar-refractivity contribution in [1.29, 1.82) is 0 Å². The van der Waals surface area contributed by atoms with E-state index in [1.54, 1.807) is 24.3 Å². The zero-order valence-corrected chi connectivity index (χ0v) is 19.1. The Balaban J connectivity index is 1.57. The molecule has 1 aromatic heterocycles. The number of aryl methyl sites for hydroxylation is 2. The lowest BCUT2D eigenvalue weighted by Gasteiger charge is -2.13. The highest BCUT2D eigenvalue weighted by Crippen LogP contribution is 2.31. The van der Waals surface area contributed by atoms with E-state index in [-0.39, 0.29) is 11.7 Å². The molecular weight excluding hydrogens is 449 g/mol. The molecule has 4 rings (SSSR count). The first-order valence-electron chi connectivity index (χ1n) is 10.2. The Morgan fingerprint density at radius 2 is 1.78 bits per heavy atom. The monoisotopic (exact) mass is 469 g/mol. The van der Waals surface area contributed by atoms with Crippen LogP contribution in [0.2, 0.25) is 10.0 Å². The van der Waals surface area contributed by atoms with Crippen molar-refractivity contribution < 1.29 is 14.0 Å². The van der Waals surface area contributed by atoms with Crippen molar-refractivity contribution in [2.75, 3.05) is 5.32 Å². The minimum Gasteiger partial charge on any atom is -0.455 e. The van der Waals surface area contributed by atoms with E-state index in [0.29, 0.717) is 51.2 Å². The topological polar surface area (TPSA) is 83.7 Å². The van der Waals surface area contributed by atoms with Crippen molar-refractivity contribution in [1.82, 2.24) is 5.43 Å². The van der Waals surface area contributed by atoms with E-state index in [0.717, 1.165) is 17.5 Å². The van der Waals surface area contributed by atoms with Crippen molar-refractivity contribution in [3.05, 3.63) is 86.3 Å². The Kier molecular flexibility index (Phi) is 6.35. The summed E-state index contributed by atoms with van der Waals surface area (Å²) >= 11 is 12.0. The summed E-state index contributed by atoms with van der Waals surface area (Å²) < 4.78 is 5.90. The van der Waals surface area contributed by atoms with Gasteiger partial charge in [0, 0.05) is 28.8 Å². The Hall–Kier alpha value is -3.09. The molecule has 2 aromatic carbocycles. The van der Waals surface area contributed by atoms with Crippen LogP contribution in [0.4, 0.5) is 5.69 Å². The molecule has 0 bridgehead atoms. The SMILES string of the molecule is Cc1ccccc1C(=O)N/N=C1\CCCc2oc(C(=O)Nc3ccc(Cl)c(Cl)c3)c(C)c21. The van der Waals surface area contributed by atoms with Crippen LogP contribution in [0.3, 0.4) is 0 Å². The lowest BCUT2D eigenvalue weighted by atomic mass is 9.93. The van der Waals surface area contributed by atoms with Crippen molar-refractivity contribution in [2.45, 2.75) is 33.1 Å². The van der Waals surface area contributed by atoms with Gasteiger partial charge in [-0.15, -0.1) is 0 Å². The average molecular weight is 470 g/mol. The van der Waals surface area contributed by atoms with Crippen molar-refractivity contribution in [3.8, 4) is 0 Å². The summed E-state index contributed by atoms with van der Waals surface area (Å²) in [5.74, 6) is 0.234. The second-order valence-electron chi connectivity index (χ2n) is 7.61. The van der Waals surface area contributed by atoms with E-state index in [1.807, 2.05) is 32.0 Å². The van der Waals surface area contributed by atoms with Gasteiger partial charge in [-0.2, -0.15) is 5.10 Å². The number of hydrogen-bond acceptors (Lipinski definition) is 4. The fourth-order valence-corrected chi connectivity index (χ4v) is 4.06. The third-order valence-electron chi connectivity index (χ3n) is 5.39. The van der Waals surface area contributed by atoms with Crippen LogP contribution in [0.15, 0.2) is 52.0 Å². The van der Waals surface area contributed by atoms with Gasteiger partial charge in [-0.05, 0) is 56.5 Å². The summed E-state index contributed by atoms with van der Waals surface area (Å²) in [7, 11) is 0. The minimum atomic E-state index is -0.390. The molecule has 0 saturated carbocycles. The van der Waals surface area contributed by atoms with Gasteiger partial charge in [0.05, 0.1) is 15.8 Å². The predicted molar refractivity (Wildman–Crippen MR) is 126 cm³/mol. The molecule has 2 N–H and O–H groups in total. The molecule has 0 atom stereocenters. The molecular formula is C24H21Cl2N3O3. The van der Waals surface area contributed by atoms with E-state index in [9.17, 15) is 9.59 Å². The maximum Gasteiger partial charge on any atom is 0.291 e. The normalized spacial score (nSPS) is 14.2. The van der Waals surface area contributed by atoms with Gasteiger partial charge in [0.15, 0.2) is 5.76 Å². The Morgan fingerprint density at radius 1 is 1.00 bits per heavy atom. The molecule has 0 aliphatic heterocycles. The smallest absolute Gasteiger partial charge is 0.291 e. The molecule has 164 valence electrons. The van der Waals surface area contributed by atoms with E-state index in [1.165, 1.54) is 0 Å². The molecule has 0 radical (unpaired) electrons. The lowest BCUT2D eigenvalue weighted by Crippen LogP contribution is -2.22. The largest absolute Gasteiger partial charge is 0.455 e. The van der Waals surface area contributed by atoms with E-state index >= 15 is 0 Å². The lowest BCUT2D eigenvalue weighted by molar-refractivity contribution is 0.0953. The second kappa shape index (κ2) is 9.18. The molecule has 8 heteroatoms. The van der Waals surface area contributed by atoms with E-state index in [4.69, 9.17) is 27.6 Å². The number of carbonyl (C=O) groups excluding carboxylic acids is 2. The molecule has 6 nitrogen and oxygen atoms in total. The van der Waals surface area contributed by atoms with Crippen molar-refractivity contribution in [3.63, 3.8) is 0 Å². The first kappa shape index (κ1) is 22.1. The number of hydrazone groups is 1. The van der Waals surface area contributed by atoms with E-state index < -0.39 is 5.91 Å². The molecule has 0 fully saturated rings. The molecule has 3 aromatic rings. The number of halogens is 2. The van der Waals surface area contributed by atoms with Gasteiger partial charge in [0.2, 0.25) is 0 Å². The van der Waals surface area contributed by atoms with Gasteiger partial charge in [-0.1, -0.05) is 41.4 Å². The number of carbonyl (C=O) groups is 2. The maximum atomic E-state index is 12.9. The van der Waals surface area contributed by atoms with Crippen molar-refractivity contribution in [2.24, 2.45) is 5.10 Å². The minimum absolute atomic E-state index is 0.209. The number of amides is 2. The highest BCUT2D eigenvalue weighted by Gasteiger charge is 2.28. The zero-order valence-electron chi connectivity index (χ0n) is 17.6. The Bertz CT molecular complexity index is 1250. The number of anilines is 1. The molecule has 0 spiro atoms. The molecule has 32 heavy (non-hydrogen) atoms. The predicted octanol–water partition coefficient (Wildman–Crippen LogP) is 5.93. The summed E-state index contributed by atoms with van der Waals surface area (Å²) in [4.78, 5) is 25.4. The molecule has 0 unspecified atom stereocenters. The number of rotatable bonds is 4. The summed E-state index contributed by atoms with van der Waals surface area (Å²) in [6.45, 7) is 3.69. The fourth-order valence-electron chi connectivity index (χ4n) is 3.76. The van der Waals surface area contributed by atoms with Crippen molar-refractivity contribution >= 4 is 46.4 Å². The highest BCUT2D eigenvalue weighted by molar-refractivity contribution is 6.42. The summed E-state index contributed by atoms with van der Waals surface area (Å²) in [5.41, 5.74) is 6.75. The summed E-state index contributed by atoms with van der Waals surface area (Å²) in [6.07, 6.45) is 2.18. The second-order valence-corrected chi connectivity index (χ2v) is 8.42. The van der Waals surface area contributed by atoms with Crippen LogP contribution in [0, 0.1) is 13.8 Å². The molecule has 0 saturated heterocycles. The number of nitrogens with zero attached hydrogens (tertiary/aromatic N) is 1. The number of benzene rings is 2. The van der Waals surface area contributed by atoms with Gasteiger partial charge >= 0.3 is 0 Å².